The van der Waals surface area contributed by atoms with Crippen molar-refractivity contribution in [2.24, 2.45) is 0 Å². The molecule has 0 spiro atoms. The highest BCUT2D eigenvalue weighted by molar-refractivity contribution is 6.32. The molecule has 0 amide bonds. The van der Waals surface area contributed by atoms with Crippen molar-refractivity contribution in [3.05, 3.63) is 45.0 Å². The Morgan fingerprint density at radius 1 is 0.825 bits per heavy atom. The van der Waals surface area contributed by atoms with E-state index in [0.717, 1.165) is 7.11 Å². The van der Waals surface area contributed by atoms with Gasteiger partial charge in [-0.15, -0.1) is 0 Å². The lowest BCUT2D eigenvalue weighted by Crippen LogP contribution is -2.55. The zero-order valence-corrected chi connectivity index (χ0v) is 22.6. The second-order valence-corrected chi connectivity index (χ2v) is 9.16. The quantitative estimate of drug-likeness (QED) is 0.284. The highest BCUT2D eigenvalue weighted by atomic mass is 16.6. The molecule has 5 atom stereocenters. The summed E-state index contributed by atoms with van der Waals surface area (Å²) in [5, 5.41) is 41.4. The topological polar surface area (TPSA) is 188 Å². The van der Waals surface area contributed by atoms with E-state index >= 15 is 0 Å². The number of rotatable bonds is 7. The third kappa shape index (κ3) is 4.09. The summed E-state index contributed by atoms with van der Waals surface area (Å²) in [4.78, 5) is 40.8. The Labute approximate surface area is 228 Å². The van der Waals surface area contributed by atoms with Crippen LogP contribution in [0.1, 0.15) is 59.4 Å². The first-order valence-corrected chi connectivity index (χ1v) is 12.1. The summed E-state index contributed by atoms with van der Waals surface area (Å²) in [5.41, 5.74) is -0.700. The molecule has 1 aliphatic carbocycles. The van der Waals surface area contributed by atoms with Crippen molar-refractivity contribution in [1.29, 1.82) is 0 Å². The molecule has 0 saturated carbocycles. The minimum Gasteiger partial charge on any atom is -0.496 e. The Kier molecular flexibility index (Phi) is 8.06. The molecule has 0 radical (unpaired) electrons. The molecule has 13 heteroatoms. The molecule has 0 unspecified atom stereocenters. The molecule has 216 valence electrons. The van der Waals surface area contributed by atoms with Crippen LogP contribution in [0.5, 0.6) is 23.0 Å². The first-order valence-electron chi connectivity index (χ1n) is 12.1. The maximum absolute atomic E-state index is 14.2. The molecule has 2 aromatic carbocycles. The smallest absolute Gasteiger partial charge is 0.341 e. The average Bonchev–Trinajstić information content (AvgIpc) is 2.96. The van der Waals surface area contributed by atoms with Crippen molar-refractivity contribution >= 4 is 17.5 Å². The Morgan fingerprint density at radius 3 is 1.95 bits per heavy atom. The van der Waals surface area contributed by atoms with Gasteiger partial charge in [0.2, 0.25) is 0 Å². The predicted octanol–water partition coefficient (Wildman–Crippen LogP) is 0.106. The molecule has 13 nitrogen and oxygen atoms in total. The SMILES string of the molecule is COC(=O)c1c(OC)cc2c(c1C)C(=O)c1c(OC)c([C@@H]3O[C@H](CO)[C@@H](O)[C@H](O)[C@H]3O)c(OC)c(OC)c1C2=O. The number of fused-ring (bicyclic) bond motifs is 2. The third-order valence-electron chi connectivity index (χ3n) is 7.27. The van der Waals surface area contributed by atoms with E-state index in [4.69, 9.17) is 28.4 Å². The summed E-state index contributed by atoms with van der Waals surface area (Å²) in [7, 11) is 6.16. The van der Waals surface area contributed by atoms with Crippen molar-refractivity contribution in [3.63, 3.8) is 0 Å². The number of ketones is 2. The summed E-state index contributed by atoms with van der Waals surface area (Å²) in [6, 6.07) is 1.27. The van der Waals surface area contributed by atoms with Gasteiger partial charge in [-0.1, -0.05) is 0 Å². The number of aliphatic hydroxyl groups is 4. The van der Waals surface area contributed by atoms with Gasteiger partial charge in [0, 0.05) is 11.1 Å². The van der Waals surface area contributed by atoms with Crippen LogP contribution in [0, 0.1) is 6.92 Å². The van der Waals surface area contributed by atoms with Gasteiger partial charge >= 0.3 is 5.97 Å². The summed E-state index contributed by atoms with van der Waals surface area (Å²) in [6.45, 7) is 0.756. The van der Waals surface area contributed by atoms with E-state index < -0.39 is 54.7 Å². The number of benzene rings is 2. The van der Waals surface area contributed by atoms with Gasteiger partial charge in [0.1, 0.15) is 47.6 Å². The van der Waals surface area contributed by atoms with E-state index in [9.17, 15) is 34.8 Å². The summed E-state index contributed by atoms with van der Waals surface area (Å²) < 4.78 is 32.6. The van der Waals surface area contributed by atoms with Crippen LogP contribution in [0.25, 0.3) is 0 Å². The number of hydrogen-bond acceptors (Lipinski definition) is 13. The van der Waals surface area contributed by atoms with Gasteiger partial charge in [-0.25, -0.2) is 4.79 Å². The third-order valence-corrected chi connectivity index (χ3v) is 7.27. The first kappa shape index (κ1) is 29.2. The molecular formula is C27H30O13. The van der Waals surface area contributed by atoms with Crippen LogP contribution in [-0.4, -0.2) is 105 Å². The van der Waals surface area contributed by atoms with Crippen molar-refractivity contribution in [2.75, 3.05) is 42.2 Å². The second-order valence-electron chi connectivity index (χ2n) is 9.16. The van der Waals surface area contributed by atoms with E-state index in [1.165, 1.54) is 41.4 Å². The van der Waals surface area contributed by atoms with Gasteiger partial charge in [-0.05, 0) is 18.6 Å². The minimum atomic E-state index is -1.78. The van der Waals surface area contributed by atoms with E-state index in [0.29, 0.717) is 0 Å². The van der Waals surface area contributed by atoms with Crippen LogP contribution in [0.15, 0.2) is 6.07 Å². The highest BCUT2D eigenvalue weighted by Gasteiger charge is 2.49. The average molecular weight is 563 g/mol. The van der Waals surface area contributed by atoms with Gasteiger partial charge < -0.3 is 48.8 Å². The van der Waals surface area contributed by atoms with E-state index in [2.05, 4.69) is 0 Å². The summed E-state index contributed by atoms with van der Waals surface area (Å²) in [5.74, 6) is -2.75. The molecule has 2 aromatic rings. The van der Waals surface area contributed by atoms with Gasteiger partial charge in [0.15, 0.2) is 23.1 Å². The molecule has 0 aromatic heterocycles. The second kappa shape index (κ2) is 11.0. The number of ether oxygens (including phenoxy) is 6. The number of carbonyl (C=O) groups is 3. The fourth-order valence-corrected chi connectivity index (χ4v) is 5.38. The predicted molar refractivity (Wildman–Crippen MR) is 135 cm³/mol. The van der Waals surface area contributed by atoms with Gasteiger partial charge in [-0.2, -0.15) is 0 Å². The molecule has 1 saturated heterocycles. The van der Waals surface area contributed by atoms with Gasteiger partial charge in [-0.3, -0.25) is 9.59 Å². The van der Waals surface area contributed by atoms with E-state index in [1.54, 1.807) is 0 Å². The number of methoxy groups -OCH3 is 5. The van der Waals surface area contributed by atoms with Gasteiger partial charge in [0.25, 0.3) is 0 Å². The zero-order chi connectivity index (χ0) is 29.6. The summed E-state index contributed by atoms with van der Waals surface area (Å²) >= 11 is 0. The molecule has 1 aliphatic heterocycles. The lowest BCUT2D eigenvalue weighted by atomic mass is 9.77. The largest absolute Gasteiger partial charge is 0.496 e. The van der Waals surface area contributed by atoms with Crippen molar-refractivity contribution in [3.8, 4) is 23.0 Å². The first-order chi connectivity index (χ1) is 19.0. The van der Waals surface area contributed by atoms with E-state index in [-0.39, 0.29) is 61.9 Å². The van der Waals surface area contributed by atoms with Crippen LogP contribution in [0.4, 0.5) is 0 Å². The van der Waals surface area contributed by atoms with Crippen molar-refractivity contribution in [1.82, 2.24) is 0 Å². The van der Waals surface area contributed by atoms with E-state index in [1.807, 2.05) is 0 Å². The molecule has 0 bridgehead atoms. The Hall–Kier alpha value is -3.75. The lowest BCUT2D eigenvalue weighted by molar-refractivity contribution is -0.232. The van der Waals surface area contributed by atoms with Crippen LogP contribution in [0.3, 0.4) is 0 Å². The molecule has 4 N–H and O–H groups in total. The number of esters is 1. The molecule has 2 aliphatic rings. The maximum atomic E-state index is 14.2. The highest BCUT2D eigenvalue weighted by Crippen LogP contribution is 2.53. The molecule has 1 fully saturated rings. The van der Waals surface area contributed by atoms with Crippen LogP contribution in [0.2, 0.25) is 0 Å². The molecule has 1 heterocycles. The number of carbonyl (C=O) groups excluding carboxylic acids is 3. The zero-order valence-electron chi connectivity index (χ0n) is 22.6. The molecule has 40 heavy (non-hydrogen) atoms. The van der Waals surface area contributed by atoms with Gasteiger partial charge in [0.05, 0.1) is 58.8 Å². The number of aliphatic hydroxyl groups excluding tert-OH is 4. The molecule has 4 rings (SSSR count). The van der Waals surface area contributed by atoms with Crippen molar-refractivity contribution < 1.29 is 63.2 Å². The van der Waals surface area contributed by atoms with Crippen molar-refractivity contribution in [2.45, 2.75) is 37.4 Å². The van der Waals surface area contributed by atoms with Crippen LogP contribution < -0.4 is 18.9 Å². The maximum Gasteiger partial charge on any atom is 0.341 e. The minimum absolute atomic E-state index is 0.0172. The fraction of sp³-hybridized carbons (Fsp3) is 0.444. The monoisotopic (exact) mass is 562 g/mol. The molecular weight excluding hydrogens is 532 g/mol. The lowest BCUT2D eigenvalue weighted by Gasteiger charge is -2.41. The normalized spacial score (nSPS) is 23.7. The fourth-order valence-electron chi connectivity index (χ4n) is 5.38. The Bertz CT molecular complexity index is 1380. The van der Waals surface area contributed by atoms with Crippen LogP contribution in [-0.2, 0) is 9.47 Å². The Morgan fingerprint density at radius 2 is 1.43 bits per heavy atom. The Balaban J connectivity index is 2.09. The summed E-state index contributed by atoms with van der Waals surface area (Å²) in [6.07, 6.45) is -8.00. The number of hydrogen-bond donors (Lipinski definition) is 4. The standard InChI is InChI=1S/C27H30O13/c1-9-13-10(7-11(35-2)14(9)27(34)39-6)18(29)15-16(20(13)31)23(36-3)17(26(38-5)25(15)37-4)24-22(33)21(32)19(30)12(8-28)40-24/h7,12,19,21-22,24,28,30,32-33H,8H2,1-6H3/t12-,19-,21+,22-,24+/m1/s1. The van der Waals surface area contributed by atoms with Crippen LogP contribution >= 0.6 is 0 Å².